The van der Waals surface area contributed by atoms with Crippen molar-refractivity contribution in [1.82, 2.24) is 10.2 Å². The summed E-state index contributed by atoms with van der Waals surface area (Å²) in [4.78, 5) is 15.8. The van der Waals surface area contributed by atoms with Gasteiger partial charge in [0, 0.05) is 17.3 Å². The molecule has 2 bridgehead atoms. The topological polar surface area (TPSA) is 41.6 Å². The molecule has 1 aromatic heterocycles. The van der Waals surface area contributed by atoms with Crippen molar-refractivity contribution in [2.45, 2.75) is 18.9 Å². The lowest BCUT2D eigenvalue weighted by Gasteiger charge is -2.44. The lowest BCUT2D eigenvalue weighted by atomic mass is 9.84. The zero-order chi connectivity index (χ0) is 15.1. The third-order valence-electron chi connectivity index (χ3n) is 4.92. The Labute approximate surface area is 134 Å². The summed E-state index contributed by atoms with van der Waals surface area (Å²) < 4.78 is 6.34. The number of piperidine rings is 3. The number of carbonyl (C=O) groups is 1. The molecule has 1 N–H and O–H groups in total. The lowest BCUT2D eigenvalue weighted by Crippen LogP contribution is -2.57. The molecule has 5 rings (SSSR count). The number of nitrogens with zero attached hydrogens (tertiary/aromatic N) is 1. The Balaban J connectivity index is 1.52. The molecule has 0 radical (unpaired) electrons. The van der Waals surface area contributed by atoms with E-state index in [-0.39, 0.29) is 5.91 Å². The van der Waals surface area contributed by atoms with Gasteiger partial charge in [0.2, 0.25) is 0 Å². The molecule has 2 aromatic rings. The Morgan fingerprint density at radius 2 is 2.14 bits per heavy atom. The third-order valence-corrected chi connectivity index (χ3v) is 6.02. The van der Waals surface area contributed by atoms with Crippen LogP contribution in [0.4, 0.5) is 0 Å². The average molecular weight is 316 g/mol. The largest absolute Gasteiger partial charge is 0.497 e. The van der Waals surface area contributed by atoms with Crippen molar-refractivity contribution in [2.24, 2.45) is 5.92 Å². The van der Waals surface area contributed by atoms with Gasteiger partial charge in [-0.1, -0.05) is 0 Å². The summed E-state index contributed by atoms with van der Waals surface area (Å²) in [7, 11) is 1.66. The molecule has 1 aromatic carbocycles. The molecule has 0 aliphatic carbocycles. The number of methoxy groups -OCH3 is 1. The molecule has 1 unspecified atom stereocenters. The van der Waals surface area contributed by atoms with Crippen LogP contribution in [0.3, 0.4) is 0 Å². The van der Waals surface area contributed by atoms with Gasteiger partial charge in [-0.2, -0.15) is 0 Å². The Hall–Kier alpha value is -1.59. The van der Waals surface area contributed by atoms with E-state index >= 15 is 0 Å². The van der Waals surface area contributed by atoms with Gasteiger partial charge in [0.05, 0.1) is 12.0 Å². The van der Waals surface area contributed by atoms with E-state index in [0.717, 1.165) is 27.3 Å². The highest BCUT2D eigenvalue weighted by Gasteiger charge is 2.35. The molecule has 0 spiro atoms. The molecule has 3 fully saturated rings. The lowest BCUT2D eigenvalue weighted by molar-refractivity contribution is 0.0622. The van der Waals surface area contributed by atoms with E-state index in [1.807, 2.05) is 24.3 Å². The van der Waals surface area contributed by atoms with E-state index < -0.39 is 0 Å². The van der Waals surface area contributed by atoms with E-state index in [4.69, 9.17) is 4.74 Å². The number of hydrogen-bond acceptors (Lipinski definition) is 4. The second-order valence-electron chi connectivity index (χ2n) is 6.23. The van der Waals surface area contributed by atoms with Gasteiger partial charge in [-0.25, -0.2) is 0 Å². The summed E-state index contributed by atoms with van der Waals surface area (Å²) in [5.74, 6) is 1.56. The van der Waals surface area contributed by atoms with Crippen molar-refractivity contribution in [3.05, 3.63) is 29.1 Å². The molecule has 4 nitrogen and oxygen atoms in total. The molecule has 22 heavy (non-hydrogen) atoms. The molecule has 5 heteroatoms. The van der Waals surface area contributed by atoms with Crippen LogP contribution < -0.4 is 10.1 Å². The molecule has 3 aliphatic rings. The maximum atomic E-state index is 12.6. The van der Waals surface area contributed by atoms with Crippen LogP contribution in [0, 0.1) is 5.92 Å². The van der Waals surface area contributed by atoms with Gasteiger partial charge < -0.3 is 15.0 Å². The quantitative estimate of drug-likeness (QED) is 0.947. The van der Waals surface area contributed by atoms with Crippen molar-refractivity contribution >= 4 is 27.3 Å². The molecule has 3 aliphatic heterocycles. The van der Waals surface area contributed by atoms with Crippen molar-refractivity contribution in [1.29, 1.82) is 0 Å². The zero-order valence-electron chi connectivity index (χ0n) is 12.7. The van der Waals surface area contributed by atoms with Gasteiger partial charge in [0.15, 0.2) is 0 Å². The number of nitrogens with one attached hydrogen (secondary N) is 1. The maximum absolute atomic E-state index is 12.6. The highest BCUT2D eigenvalue weighted by atomic mass is 32.1. The number of rotatable bonds is 3. The fourth-order valence-corrected chi connectivity index (χ4v) is 4.61. The predicted molar refractivity (Wildman–Crippen MR) is 88.8 cm³/mol. The first-order valence-corrected chi connectivity index (χ1v) is 8.65. The standard InChI is InChI=1S/C17H20N2O2S/c1-21-13-3-2-12-8-16(22-15(12)9-13)17(20)18-14-10-19-6-4-11(14)5-7-19/h2-3,8-9,11,14H,4-7,10H2,1H3,(H,18,20). The summed E-state index contributed by atoms with van der Waals surface area (Å²) in [6, 6.07) is 8.23. The van der Waals surface area contributed by atoms with Crippen molar-refractivity contribution in [2.75, 3.05) is 26.7 Å². The van der Waals surface area contributed by atoms with Crippen LogP contribution in [0.15, 0.2) is 24.3 Å². The minimum Gasteiger partial charge on any atom is -0.497 e. The normalized spacial score (nSPS) is 27.0. The predicted octanol–water partition coefficient (Wildman–Crippen LogP) is 2.73. The van der Waals surface area contributed by atoms with Gasteiger partial charge in [-0.15, -0.1) is 11.3 Å². The minimum absolute atomic E-state index is 0.0684. The SMILES string of the molecule is COc1ccc2cc(C(=O)NC3CN4CCC3CC4)sc2c1. The van der Waals surface area contributed by atoms with Crippen LogP contribution in [0.5, 0.6) is 5.75 Å². The van der Waals surface area contributed by atoms with Gasteiger partial charge >= 0.3 is 0 Å². The molecule has 116 valence electrons. The van der Waals surface area contributed by atoms with Gasteiger partial charge in [0.1, 0.15) is 5.75 Å². The highest BCUT2D eigenvalue weighted by molar-refractivity contribution is 7.20. The third kappa shape index (κ3) is 2.48. The fourth-order valence-electron chi connectivity index (χ4n) is 3.62. The van der Waals surface area contributed by atoms with E-state index in [1.165, 1.54) is 37.3 Å². The van der Waals surface area contributed by atoms with Crippen LogP contribution in [-0.2, 0) is 0 Å². The number of thiophene rings is 1. The summed E-state index contributed by atoms with van der Waals surface area (Å²) in [5.41, 5.74) is 0. The van der Waals surface area contributed by atoms with Crippen LogP contribution >= 0.6 is 11.3 Å². The molecule has 3 saturated heterocycles. The number of benzene rings is 1. The summed E-state index contributed by atoms with van der Waals surface area (Å²) in [5, 5.41) is 4.36. The molecule has 1 atom stereocenters. The Bertz CT molecular complexity index is 704. The van der Waals surface area contributed by atoms with Crippen molar-refractivity contribution < 1.29 is 9.53 Å². The maximum Gasteiger partial charge on any atom is 0.261 e. The molecular formula is C17H20N2O2S. The van der Waals surface area contributed by atoms with Crippen molar-refractivity contribution in [3.8, 4) is 5.75 Å². The first-order chi connectivity index (χ1) is 10.7. The van der Waals surface area contributed by atoms with Gasteiger partial charge in [0.25, 0.3) is 5.91 Å². The monoisotopic (exact) mass is 316 g/mol. The summed E-state index contributed by atoms with van der Waals surface area (Å²) >= 11 is 1.54. The average Bonchev–Trinajstić information content (AvgIpc) is 2.99. The smallest absolute Gasteiger partial charge is 0.261 e. The van der Waals surface area contributed by atoms with Crippen molar-refractivity contribution in [3.63, 3.8) is 0 Å². The van der Waals surface area contributed by atoms with Crippen LogP contribution in [0.1, 0.15) is 22.5 Å². The Kier molecular flexibility index (Phi) is 3.54. The Morgan fingerprint density at radius 3 is 2.82 bits per heavy atom. The Morgan fingerprint density at radius 1 is 1.32 bits per heavy atom. The number of ether oxygens (including phenoxy) is 1. The summed E-state index contributed by atoms with van der Waals surface area (Å²) in [6.45, 7) is 3.40. The van der Waals surface area contributed by atoms with E-state index in [1.54, 1.807) is 7.11 Å². The van der Waals surface area contributed by atoms with Gasteiger partial charge in [-0.3, -0.25) is 4.79 Å². The second kappa shape index (κ2) is 5.56. The molecule has 4 heterocycles. The van der Waals surface area contributed by atoms with Crippen LogP contribution in [0.25, 0.3) is 10.1 Å². The molecular weight excluding hydrogens is 296 g/mol. The molecule has 0 saturated carbocycles. The van der Waals surface area contributed by atoms with E-state index in [0.29, 0.717) is 12.0 Å². The number of amides is 1. The number of hydrogen-bond donors (Lipinski definition) is 1. The molecule has 1 amide bonds. The summed E-state index contributed by atoms with van der Waals surface area (Å²) in [6.07, 6.45) is 2.43. The number of fused-ring (bicyclic) bond motifs is 4. The van der Waals surface area contributed by atoms with E-state index in [2.05, 4.69) is 10.2 Å². The van der Waals surface area contributed by atoms with Crippen LogP contribution in [-0.4, -0.2) is 43.6 Å². The first-order valence-electron chi connectivity index (χ1n) is 7.84. The van der Waals surface area contributed by atoms with E-state index in [9.17, 15) is 4.79 Å². The highest BCUT2D eigenvalue weighted by Crippen LogP contribution is 2.31. The number of carbonyl (C=O) groups excluding carboxylic acids is 1. The minimum atomic E-state index is 0.0684. The van der Waals surface area contributed by atoms with Crippen LogP contribution in [0.2, 0.25) is 0 Å². The second-order valence-corrected chi connectivity index (χ2v) is 7.32. The zero-order valence-corrected chi connectivity index (χ0v) is 13.5. The van der Waals surface area contributed by atoms with Gasteiger partial charge in [-0.05, 0) is 61.5 Å². The fraction of sp³-hybridized carbons (Fsp3) is 0.471. The first kappa shape index (κ1) is 14.0.